The summed E-state index contributed by atoms with van der Waals surface area (Å²) in [6, 6.07) is 2.13. The lowest BCUT2D eigenvalue weighted by molar-refractivity contribution is 0.393. The summed E-state index contributed by atoms with van der Waals surface area (Å²) in [7, 11) is -3.19. The van der Waals surface area contributed by atoms with Gasteiger partial charge < -0.3 is 0 Å². The molecule has 1 aromatic carbocycles. The molecule has 0 radical (unpaired) electrons. The molecule has 0 N–H and O–H groups in total. The van der Waals surface area contributed by atoms with Crippen LogP contribution >= 0.6 is 0 Å². The van der Waals surface area contributed by atoms with Crippen LogP contribution in [0.4, 0.5) is 8.78 Å². The van der Waals surface area contributed by atoms with E-state index in [0.29, 0.717) is 6.07 Å². The van der Waals surface area contributed by atoms with Crippen LogP contribution in [0.25, 0.3) is 0 Å². The van der Waals surface area contributed by atoms with Gasteiger partial charge in [0.25, 0.3) is 10.1 Å². The van der Waals surface area contributed by atoms with Crippen LogP contribution in [-0.2, 0) is 14.3 Å². The van der Waals surface area contributed by atoms with Crippen molar-refractivity contribution in [2.24, 2.45) is 0 Å². The van der Waals surface area contributed by atoms with Crippen molar-refractivity contribution in [1.82, 2.24) is 0 Å². The van der Waals surface area contributed by atoms with Crippen LogP contribution in [0, 0.1) is 11.6 Å². The molecular formula is C11H18F2O3S. The fourth-order valence-corrected chi connectivity index (χ4v) is 1.48. The highest BCUT2D eigenvalue weighted by Gasteiger charge is 2.18. The molecule has 0 aromatic heterocycles. The summed E-state index contributed by atoms with van der Waals surface area (Å²) in [5, 5.41) is 0. The number of hydrogen-bond donors (Lipinski definition) is 0. The van der Waals surface area contributed by atoms with E-state index >= 15 is 0 Å². The van der Waals surface area contributed by atoms with E-state index in [0.717, 1.165) is 19.2 Å². The van der Waals surface area contributed by atoms with Gasteiger partial charge in [0.2, 0.25) is 0 Å². The molecule has 0 amide bonds. The minimum Gasteiger partial charge on any atom is -0.270 e. The van der Waals surface area contributed by atoms with E-state index in [1.165, 1.54) is 0 Å². The maximum Gasteiger partial charge on any atom is 0.299 e. The summed E-state index contributed by atoms with van der Waals surface area (Å²) in [6.07, 6.45) is 0. The zero-order valence-corrected chi connectivity index (χ0v) is 11.4. The van der Waals surface area contributed by atoms with Crippen molar-refractivity contribution in [3.63, 3.8) is 0 Å². The molecule has 0 saturated carbocycles. The zero-order chi connectivity index (χ0) is 14.1. The fourth-order valence-electron chi connectivity index (χ4n) is 0.768. The van der Waals surface area contributed by atoms with Crippen LogP contribution < -0.4 is 0 Å². The Hall–Kier alpha value is -1.01. The lowest BCUT2D eigenvalue weighted by Crippen LogP contribution is -2.05. The lowest BCUT2D eigenvalue weighted by atomic mass is 10.3. The highest BCUT2D eigenvalue weighted by Crippen LogP contribution is 2.16. The predicted octanol–water partition coefficient (Wildman–Crippen LogP) is 3.35. The third kappa shape index (κ3) is 5.74. The van der Waals surface area contributed by atoms with Crippen molar-refractivity contribution < 1.29 is 21.4 Å². The number of hydrogen-bond acceptors (Lipinski definition) is 3. The van der Waals surface area contributed by atoms with Crippen LogP contribution in [0.3, 0.4) is 0 Å². The maximum atomic E-state index is 12.8. The minimum atomic E-state index is -4.09. The molecule has 0 heterocycles. The average molecular weight is 268 g/mol. The second-order valence-electron chi connectivity index (χ2n) is 2.20. The molecule has 100 valence electrons. The highest BCUT2D eigenvalue weighted by molar-refractivity contribution is 7.86. The van der Waals surface area contributed by atoms with E-state index in [4.69, 9.17) is 0 Å². The van der Waals surface area contributed by atoms with Crippen LogP contribution in [0.1, 0.15) is 27.7 Å². The molecule has 3 nitrogen and oxygen atoms in total. The van der Waals surface area contributed by atoms with Crippen LogP contribution in [0.5, 0.6) is 0 Å². The summed E-state index contributed by atoms with van der Waals surface area (Å²) in [5.41, 5.74) is 0. The van der Waals surface area contributed by atoms with Crippen molar-refractivity contribution in [3.8, 4) is 0 Å². The van der Waals surface area contributed by atoms with Crippen molar-refractivity contribution >= 4 is 10.1 Å². The number of halogens is 2. The Morgan fingerprint density at radius 2 is 1.53 bits per heavy atom. The molecule has 0 spiro atoms. The number of rotatable bonds is 2. The Morgan fingerprint density at radius 1 is 1.06 bits per heavy atom. The van der Waals surface area contributed by atoms with Crippen LogP contribution in [0.15, 0.2) is 23.1 Å². The Balaban J connectivity index is 0. The van der Waals surface area contributed by atoms with E-state index in [9.17, 15) is 17.2 Å². The van der Waals surface area contributed by atoms with Gasteiger partial charge in [0.15, 0.2) is 0 Å². The summed E-state index contributed by atoms with van der Waals surface area (Å²) < 4.78 is 51.1. The van der Waals surface area contributed by atoms with Gasteiger partial charge in [-0.15, -0.1) is 0 Å². The Morgan fingerprint density at radius 3 is 1.88 bits per heavy atom. The highest BCUT2D eigenvalue weighted by atomic mass is 32.2. The second kappa shape index (κ2) is 9.07. The first-order chi connectivity index (χ1) is 7.97. The first-order valence-corrected chi connectivity index (χ1v) is 6.64. The molecule has 0 aliphatic heterocycles. The first kappa shape index (κ1) is 18.4. The third-order valence-corrected chi connectivity index (χ3v) is 2.69. The maximum absolute atomic E-state index is 12.8. The summed E-state index contributed by atoms with van der Waals surface area (Å²) >= 11 is 0. The zero-order valence-electron chi connectivity index (χ0n) is 10.6. The van der Waals surface area contributed by atoms with Gasteiger partial charge in [-0.1, -0.05) is 27.7 Å². The van der Waals surface area contributed by atoms with Gasteiger partial charge in [0.1, 0.15) is 16.5 Å². The van der Waals surface area contributed by atoms with Gasteiger partial charge in [-0.2, -0.15) is 8.42 Å². The second-order valence-corrected chi connectivity index (χ2v) is 3.88. The topological polar surface area (TPSA) is 43.4 Å². The number of benzene rings is 1. The lowest BCUT2D eigenvalue weighted by Gasteiger charge is -2.01. The van der Waals surface area contributed by atoms with Crippen molar-refractivity contribution in [2.75, 3.05) is 7.11 Å². The van der Waals surface area contributed by atoms with Crippen molar-refractivity contribution in [2.45, 2.75) is 32.6 Å². The van der Waals surface area contributed by atoms with Gasteiger partial charge in [-0.05, 0) is 12.1 Å². The van der Waals surface area contributed by atoms with E-state index in [-0.39, 0.29) is 0 Å². The molecule has 0 fully saturated rings. The molecule has 0 aliphatic carbocycles. The summed E-state index contributed by atoms with van der Waals surface area (Å²) in [5.74, 6) is -2.01. The Labute approximate surface area is 102 Å². The average Bonchev–Trinajstić information content (AvgIpc) is 2.33. The monoisotopic (exact) mass is 268 g/mol. The molecule has 0 aliphatic rings. The Kier molecular flexibility index (Phi) is 9.79. The quantitative estimate of drug-likeness (QED) is 0.772. The standard InChI is InChI=1S/C7H6F2O3S.2C2H6/c1-12-13(10,11)7-3-2-5(8)4-6(7)9;2*1-2/h2-4H,1H3;2*1-2H3. The predicted molar refractivity (Wildman–Crippen MR) is 63.2 cm³/mol. The largest absolute Gasteiger partial charge is 0.299 e. The first-order valence-electron chi connectivity index (χ1n) is 5.23. The molecule has 17 heavy (non-hydrogen) atoms. The molecule has 6 heteroatoms. The van der Waals surface area contributed by atoms with E-state index in [1.54, 1.807) is 0 Å². The SMILES string of the molecule is CC.CC.COS(=O)(=O)c1ccc(F)cc1F. The molecule has 0 bridgehead atoms. The van der Waals surface area contributed by atoms with E-state index < -0.39 is 26.6 Å². The third-order valence-electron chi connectivity index (χ3n) is 1.38. The van der Waals surface area contributed by atoms with Crippen molar-refractivity contribution in [1.29, 1.82) is 0 Å². The van der Waals surface area contributed by atoms with Gasteiger partial charge in [0.05, 0.1) is 7.11 Å². The van der Waals surface area contributed by atoms with Gasteiger partial charge in [-0.3, -0.25) is 4.18 Å². The van der Waals surface area contributed by atoms with Crippen LogP contribution in [0.2, 0.25) is 0 Å². The molecule has 0 atom stereocenters. The smallest absolute Gasteiger partial charge is 0.270 e. The fraction of sp³-hybridized carbons (Fsp3) is 0.455. The molecule has 1 rings (SSSR count). The summed E-state index contributed by atoms with van der Waals surface area (Å²) in [6.45, 7) is 8.00. The van der Waals surface area contributed by atoms with Gasteiger partial charge in [0, 0.05) is 6.07 Å². The normalized spacial score (nSPS) is 9.59. The Bertz CT molecular complexity index is 417. The summed E-state index contributed by atoms with van der Waals surface area (Å²) in [4.78, 5) is -0.670. The van der Waals surface area contributed by atoms with Crippen LogP contribution in [-0.4, -0.2) is 15.5 Å². The molecule has 0 unspecified atom stereocenters. The van der Waals surface area contributed by atoms with Gasteiger partial charge in [-0.25, -0.2) is 8.78 Å². The molecular weight excluding hydrogens is 250 g/mol. The molecule has 1 aromatic rings. The van der Waals surface area contributed by atoms with E-state index in [2.05, 4.69) is 4.18 Å². The van der Waals surface area contributed by atoms with Gasteiger partial charge >= 0.3 is 0 Å². The van der Waals surface area contributed by atoms with E-state index in [1.807, 2.05) is 27.7 Å². The minimum absolute atomic E-state index is 0.478. The van der Waals surface area contributed by atoms with Crippen molar-refractivity contribution in [3.05, 3.63) is 29.8 Å². The molecule has 0 saturated heterocycles.